The smallest absolute Gasteiger partial charge is 0.393 e. The van der Waals surface area contributed by atoms with Crippen LogP contribution >= 0.6 is 11.5 Å². The van der Waals surface area contributed by atoms with E-state index < -0.39 is 29.6 Å². The Morgan fingerprint density at radius 1 is 1.13 bits per heavy atom. The lowest BCUT2D eigenvalue weighted by Gasteiger charge is -2.26. The van der Waals surface area contributed by atoms with Gasteiger partial charge in [-0.15, -0.1) is 0 Å². The fraction of sp³-hybridized carbons (Fsp3) is 0.174. The molecule has 0 saturated carbocycles. The topological polar surface area (TPSA) is 148 Å². The van der Waals surface area contributed by atoms with Gasteiger partial charge in [-0.25, -0.2) is 14.4 Å². The van der Waals surface area contributed by atoms with E-state index in [0.717, 1.165) is 17.6 Å². The average molecular weight is 565 g/mol. The average Bonchev–Trinajstić information content (AvgIpc) is 3.38. The number of hydrogen-bond acceptors (Lipinski definition) is 11. The molecular weight excluding hydrogens is 544 g/mol. The fourth-order valence-electron chi connectivity index (χ4n) is 3.31. The minimum absolute atomic E-state index is 0.0468. The summed E-state index contributed by atoms with van der Waals surface area (Å²) in [6, 6.07) is 10.3. The number of rotatable bonds is 9. The maximum absolute atomic E-state index is 13.6. The van der Waals surface area contributed by atoms with Crippen molar-refractivity contribution in [2.75, 3.05) is 29.2 Å². The molecule has 0 fully saturated rings. The molecule has 39 heavy (non-hydrogen) atoms. The van der Waals surface area contributed by atoms with E-state index in [0.29, 0.717) is 29.5 Å². The molecule has 0 spiro atoms. The van der Waals surface area contributed by atoms with E-state index in [1.54, 1.807) is 25.2 Å². The van der Waals surface area contributed by atoms with Crippen LogP contribution in [0.15, 0.2) is 54.9 Å². The highest BCUT2D eigenvalue weighted by Crippen LogP contribution is 2.34. The van der Waals surface area contributed by atoms with Crippen LogP contribution < -0.4 is 21.0 Å². The monoisotopic (exact) mass is 564 g/mol. The number of benzene rings is 2. The lowest BCUT2D eigenvalue weighted by Crippen LogP contribution is -2.45. The predicted molar refractivity (Wildman–Crippen MR) is 134 cm³/mol. The number of likely N-dealkylation sites (N-methyl/N-ethyl adjacent to an activating group) is 1. The highest BCUT2D eigenvalue weighted by atomic mass is 32.1. The van der Waals surface area contributed by atoms with E-state index >= 15 is 0 Å². The summed E-state index contributed by atoms with van der Waals surface area (Å²) in [6.07, 6.45) is -4.35. The number of aliphatic hydroxyl groups is 1. The number of carbonyl (C=O) groups excluding carboxylic acids is 1. The van der Waals surface area contributed by atoms with Gasteiger partial charge in [0.25, 0.3) is 5.91 Å². The minimum Gasteiger partial charge on any atom is -0.393 e. The number of halogens is 4. The fourth-order valence-corrected chi connectivity index (χ4v) is 3.90. The summed E-state index contributed by atoms with van der Waals surface area (Å²) in [6.45, 7) is -0.368. The molecule has 0 bridgehead atoms. The summed E-state index contributed by atoms with van der Waals surface area (Å²) in [5, 5.41) is 24.1. The largest absolute Gasteiger partial charge is 0.419 e. The zero-order valence-corrected chi connectivity index (χ0v) is 20.8. The number of nitrogens with zero attached hydrogens (tertiary/aromatic N) is 5. The van der Waals surface area contributed by atoms with Crippen molar-refractivity contribution in [2.45, 2.75) is 12.3 Å². The first-order valence-electron chi connectivity index (χ1n) is 11.0. The van der Waals surface area contributed by atoms with Gasteiger partial charge in [-0.2, -0.15) is 28.0 Å². The Morgan fingerprint density at radius 2 is 1.87 bits per heavy atom. The molecule has 0 aliphatic carbocycles. The molecule has 5 N–H and O–H groups in total. The highest BCUT2D eigenvalue weighted by molar-refractivity contribution is 7.10. The predicted octanol–water partition coefficient (Wildman–Crippen LogP) is 3.88. The van der Waals surface area contributed by atoms with Gasteiger partial charge in [0.15, 0.2) is 5.82 Å². The number of aliphatic hydroxyl groups excluding tert-OH is 1. The molecule has 0 saturated heterocycles. The molecule has 2 aromatic heterocycles. The third-order valence-electron chi connectivity index (χ3n) is 5.40. The van der Waals surface area contributed by atoms with Gasteiger partial charge >= 0.3 is 6.18 Å². The summed E-state index contributed by atoms with van der Waals surface area (Å²) in [5.74, 6) is -1.20. The Morgan fingerprint density at radius 3 is 2.54 bits per heavy atom. The summed E-state index contributed by atoms with van der Waals surface area (Å²) in [7, 11) is 1.62. The van der Waals surface area contributed by atoms with Crippen LogP contribution in [0.3, 0.4) is 0 Å². The molecule has 0 aliphatic rings. The van der Waals surface area contributed by atoms with Crippen molar-refractivity contribution >= 4 is 39.9 Å². The SMILES string of the molecule is CN(c1cc(Nc2ccc(C(=O)Nc3nc(-c4ccc(F)c(C(F)(F)F)c4)ns3)cc2)ncn1)C(CO)NO. The van der Waals surface area contributed by atoms with Crippen molar-refractivity contribution in [3.8, 4) is 11.4 Å². The lowest BCUT2D eigenvalue weighted by molar-refractivity contribution is -0.139. The van der Waals surface area contributed by atoms with Crippen LogP contribution in [0.5, 0.6) is 0 Å². The Labute approximate surface area is 222 Å². The van der Waals surface area contributed by atoms with Gasteiger partial charge in [0, 0.05) is 41.5 Å². The normalized spacial score (nSPS) is 12.2. The van der Waals surface area contributed by atoms with Crippen LogP contribution in [0.25, 0.3) is 11.4 Å². The quantitative estimate of drug-likeness (QED) is 0.115. The number of carbonyl (C=O) groups is 1. The van der Waals surface area contributed by atoms with Gasteiger partial charge < -0.3 is 20.5 Å². The first-order valence-corrected chi connectivity index (χ1v) is 11.8. The number of hydrogen-bond donors (Lipinski definition) is 5. The van der Waals surface area contributed by atoms with Crippen molar-refractivity contribution in [3.05, 3.63) is 71.8 Å². The van der Waals surface area contributed by atoms with Gasteiger partial charge in [0.05, 0.1) is 12.2 Å². The Kier molecular flexibility index (Phi) is 8.29. The molecule has 0 radical (unpaired) electrons. The number of hydroxylamine groups is 1. The number of amides is 1. The number of aromatic nitrogens is 4. The van der Waals surface area contributed by atoms with E-state index in [9.17, 15) is 27.5 Å². The molecule has 1 atom stereocenters. The van der Waals surface area contributed by atoms with Gasteiger partial charge in [0.1, 0.15) is 29.9 Å². The van der Waals surface area contributed by atoms with Gasteiger partial charge in [-0.1, -0.05) is 0 Å². The summed E-state index contributed by atoms with van der Waals surface area (Å²) < 4.78 is 56.5. The molecular formula is C23H20F4N8O3S. The second-order valence-corrected chi connectivity index (χ2v) is 8.72. The van der Waals surface area contributed by atoms with E-state index in [-0.39, 0.29) is 28.7 Å². The molecule has 1 amide bonds. The molecule has 2 heterocycles. The van der Waals surface area contributed by atoms with Crippen molar-refractivity contribution < 1.29 is 32.7 Å². The van der Waals surface area contributed by atoms with Crippen molar-refractivity contribution in [1.29, 1.82) is 0 Å². The molecule has 11 nitrogen and oxygen atoms in total. The number of nitrogens with one attached hydrogen (secondary N) is 3. The molecule has 0 aliphatic heterocycles. The van der Waals surface area contributed by atoms with Crippen LogP contribution in [-0.2, 0) is 6.18 Å². The van der Waals surface area contributed by atoms with Crippen molar-refractivity contribution in [1.82, 2.24) is 24.8 Å². The third kappa shape index (κ3) is 6.61. The summed E-state index contributed by atoms with van der Waals surface area (Å²) in [4.78, 5) is 26.4. The van der Waals surface area contributed by atoms with Crippen LogP contribution in [0.2, 0.25) is 0 Å². The molecule has 4 aromatic rings. The molecule has 204 valence electrons. The van der Waals surface area contributed by atoms with E-state index in [1.165, 1.54) is 23.4 Å². The van der Waals surface area contributed by atoms with Gasteiger partial charge in [-0.05, 0) is 42.5 Å². The molecule has 1 unspecified atom stereocenters. The minimum atomic E-state index is -4.87. The van der Waals surface area contributed by atoms with Crippen LogP contribution in [-0.4, -0.2) is 55.4 Å². The maximum atomic E-state index is 13.6. The maximum Gasteiger partial charge on any atom is 0.419 e. The number of alkyl halides is 3. The molecule has 4 rings (SSSR count). The lowest BCUT2D eigenvalue weighted by atomic mass is 10.1. The first-order chi connectivity index (χ1) is 18.6. The van der Waals surface area contributed by atoms with E-state index in [2.05, 4.69) is 30.0 Å². The van der Waals surface area contributed by atoms with Crippen LogP contribution in [0.1, 0.15) is 15.9 Å². The van der Waals surface area contributed by atoms with Crippen molar-refractivity contribution in [3.63, 3.8) is 0 Å². The first kappa shape index (κ1) is 27.8. The third-order valence-corrected chi connectivity index (χ3v) is 6.03. The second kappa shape index (κ2) is 11.6. The Balaban J connectivity index is 1.41. The Hall–Kier alpha value is -4.25. The van der Waals surface area contributed by atoms with Crippen LogP contribution in [0, 0.1) is 5.82 Å². The van der Waals surface area contributed by atoms with Crippen LogP contribution in [0.4, 0.5) is 40.0 Å². The second-order valence-electron chi connectivity index (χ2n) is 7.97. The zero-order chi connectivity index (χ0) is 28.2. The Bertz CT molecular complexity index is 1450. The summed E-state index contributed by atoms with van der Waals surface area (Å²) >= 11 is 0.764. The zero-order valence-electron chi connectivity index (χ0n) is 19.9. The molecule has 2 aromatic carbocycles. The van der Waals surface area contributed by atoms with E-state index in [1.807, 2.05) is 5.48 Å². The van der Waals surface area contributed by atoms with Crippen molar-refractivity contribution in [2.24, 2.45) is 0 Å². The standard InChI is InChI=1S/C23H20F4N8O3S/c1-35(19(10-36)33-38)18-9-17(28-11-29-18)30-14-5-2-12(3-6-14)21(37)32-22-31-20(34-39-22)13-4-7-16(24)15(8-13)23(25,26)27/h2-9,11,19,33,36,38H,10H2,1H3,(H,28,29,30)(H,31,32,34,37). The summed E-state index contributed by atoms with van der Waals surface area (Å²) in [5.41, 5.74) is 1.34. The number of anilines is 4. The van der Waals surface area contributed by atoms with Gasteiger partial charge in [-0.3, -0.25) is 10.1 Å². The molecule has 16 heteroatoms. The van der Waals surface area contributed by atoms with Gasteiger partial charge in [0.2, 0.25) is 5.13 Å². The van der Waals surface area contributed by atoms with E-state index in [4.69, 9.17) is 5.21 Å². The highest BCUT2D eigenvalue weighted by Gasteiger charge is 2.34.